The van der Waals surface area contributed by atoms with E-state index in [4.69, 9.17) is 56.9 Å². The molecule has 6 N–H and O–H groups in total. The maximum Gasteiger partial charge on any atom is 0.229 e. The summed E-state index contributed by atoms with van der Waals surface area (Å²) in [4.78, 5) is 20.0. The van der Waals surface area contributed by atoms with E-state index in [1.807, 2.05) is 6.92 Å². The van der Waals surface area contributed by atoms with Crippen molar-refractivity contribution >= 4 is 16.9 Å². The molecule has 1 aromatic carbocycles. The molecular weight excluding hydrogens is 800 g/mol. The highest BCUT2D eigenvalue weighted by Gasteiger charge is 2.49. The number of ether oxygens (including phenoxy) is 11. The van der Waals surface area contributed by atoms with Gasteiger partial charge >= 0.3 is 0 Å². The second-order valence-corrected chi connectivity index (χ2v) is 16.4. The molecule has 20 heteroatoms. The summed E-state index contributed by atoms with van der Waals surface area (Å²) in [6.45, 7) is 11.7. The van der Waals surface area contributed by atoms with Crippen LogP contribution in [0.2, 0.25) is 0 Å². The molecule has 338 valence electrons. The van der Waals surface area contributed by atoms with Crippen molar-refractivity contribution in [2.45, 2.75) is 158 Å². The summed E-state index contributed by atoms with van der Waals surface area (Å²) in [5, 5.41) is 46.5. The van der Waals surface area contributed by atoms with Crippen LogP contribution >= 0.6 is 11.8 Å². The Labute approximate surface area is 349 Å². The molecule has 1 aromatic rings. The van der Waals surface area contributed by atoms with Gasteiger partial charge in [0.05, 0.1) is 74.2 Å². The van der Waals surface area contributed by atoms with Crippen molar-refractivity contribution in [3.8, 4) is 17.2 Å². The van der Waals surface area contributed by atoms with Crippen LogP contribution in [0.1, 0.15) is 62.0 Å². The van der Waals surface area contributed by atoms with Crippen LogP contribution in [-0.4, -0.2) is 178 Å². The van der Waals surface area contributed by atoms with E-state index in [-0.39, 0.29) is 41.4 Å². The second-order valence-electron chi connectivity index (χ2n) is 15.2. The Morgan fingerprint density at radius 1 is 0.763 bits per heavy atom. The molecule has 0 radical (unpaired) electrons. The molecular formula is C39H64N2O17S. The predicted octanol–water partition coefficient (Wildman–Crippen LogP) is 0.685. The van der Waals surface area contributed by atoms with E-state index in [9.17, 15) is 25.2 Å². The fourth-order valence-electron chi connectivity index (χ4n) is 8.02. The largest absolute Gasteiger partial charge is 0.492 e. The lowest BCUT2D eigenvalue weighted by atomic mass is 9.97. The highest BCUT2D eigenvalue weighted by atomic mass is 32.2. The Balaban J connectivity index is 1.23. The van der Waals surface area contributed by atoms with Gasteiger partial charge < -0.3 is 77.8 Å². The van der Waals surface area contributed by atoms with Crippen LogP contribution < -0.4 is 25.0 Å². The lowest BCUT2D eigenvalue weighted by Gasteiger charge is -2.45. The number of carbonyl (C=O) groups is 1. The number of thioether (sulfide) groups is 1. The topological polar surface area (TPSA) is 233 Å². The third-order valence-corrected chi connectivity index (χ3v) is 12.9. The zero-order valence-electron chi connectivity index (χ0n) is 35.6. The lowest BCUT2D eigenvalue weighted by molar-refractivity contribution is -0.330. The molecule has 0 bridgehead atoms. The zero-order valence-corrected chi connectivity index (χ0v) is 36.5. The quantitative estimate of drug-likeness (QED) is 0.126. The Kier molecular flexibility index (Phi) is 17.4. The Morgan fingerprint density at radius 3 is 2.07 bits per heavy atom. The van der Waals surface area contributed by atoms with E-state index in [2.05, 4.69) is 10.8 Å². The fourth-order valence-corrected chi connectivity index (χ4v) is 9.15. The summed E-state index contributed by atoms with van der Waals surface area (Å²) in [5.41, 5.74) is 4.09. The number of hydrogen-bond donors (Lipinski definition) is 6. The van der Waals surface area contributed by atoms with E-state index < -0.39 is 96.5 Å². The van der Waals surface area contributed by atoms with Crippen molar-refractivity contribution in [2.75, 3.05) is 48.7 Å². The van der Waals surface area contributed by atoms with Crippen LogP contribution in [0.3, 0.4) is 0 Å². The van der Waals surface area contributed by atoms with Gasteiger partial charge in [0.2, 0.25) is 17.2 Å². The zero-order chi connectivity index (χ0) is 43.3. The molecule has 0 saturated carbocycles. The molecule has 0 unspecified atom stereocenters. The maximum atomic E-state index is 14.1. The van der Waals surface area contributed by atoms with Crippen LogP contribution in [0.4, 0.5) is 0 Å². The van der Waals surface area contributed by atoms with Crippen molar-refractivity contribution in [2.24, 2.45) is 0 Å². The summed E-state index contributed by atoms with van der Waals surface area (Å²) in [6, 6.07) is -0.794. The monoisotopic (exact) mass is 864 g/mol. The maximum absolute atomic E-state index is 14.1. The molecule has 0 amide bonds. The number of hydroxylamine groups is 1. The van der Waals surface area contributed by atoms with Crippen LogP contribution in [0, 0.1) is 13.8 Å². The minimum Gasteiger partial charge on any atom is -0.492 e. The number of benzene rings is 1. The minimum atomic E-state index is -1.35. The SMILES string of the molecule is CCN[C@H]1CO[C@@H](O[C@H]2[C@H](OC)O[C@H](C)[C@@H](NO[C@H]3C[C@H](O)[C@H](SC(=O)c4c(C)c(C)c(O[C@@H]5O[C@@H](C)[C@H](O)[C@@H](OC)[C@H]5O)c(OC)c4OC)[C@@H](C)O3)[C@@H]2O)C[C@@H]1OC. The van der Waals surface area contributed by atoms with E-state index in [1.165, 1.54) is 28.4 Å². The van der Waals surface area contributed by atoms with E-state index in [0.717, 1.165) is 18.3 Å². The first kappa shape index (κ1) is 48.1. The third kappa shape index (κ3) is 10.5. The number of hydrogen-bond acceptors (Lipinski definition) is 20. The number of methoxy groups -OCH3 is 5. The smallest absolute Gasteiger partial charge is 0.229 e. The molecule has 4 heterocycles. The number of likely N-dealkylation sites (N-methyl/N-ethyl adjacent to an activating group) is 1. The van der Waals surface area contributed by atoms with Gasteiger partial charge in [0.15, 0.2) is 30.4 Å². The molecule has 59 heavy (non-hydrogen) atoms. The van der Waals surface area contributed by atoms with E-state index in [0.29, 0.717) is 24.2 Å². The van der Waals surface area contributed by atoms with Crippen molar-refractivity contribution in [1.82, 2.24) is 10.8 Å². The standard InChI is InChI=1S/C39H64N2O17S/c1-12-40-21-15-52-24(14-23(21)47-7)56-34-29(44)27(18(4)54-39(34)51-11)41-58-25-13-22(42)36(20(6)53-25)59-37(46)26-16(2)17(3)31(35(50-10)32(26)48-8)57-38-30(45)33(49-9)28(43)19(5)55-38/h18-25,27-30,33-34,36,38-45H,12-15H2,1-11H3/t18-,19+,20-,21+,22+,23+,24+,25+,27-,28+,29+,30-,33-,34-,36-,38+,39-/m1/s1. The molecule has 4 aliphatic rings. The first-order chi connectivity index (χ1) is 28.1. The van der Waals surface area contributed by atoms with Gasteiger partial charge in [-0.3, -0.25) is 9.63 Å². The van der Waals surface area contributed by atoms with Crippen LogP contribution in [0.5, 0.6) is 17.2 Å². The Morgan fingerprint density at radius 2 is 1.46 bits per heavy atom. The Hall–Kier alpha value is -1.96. The molecule has 4 fully saturated rings. The summed E-state index contributed by atoms with van der Waals surface area (Å²) in [5.74, 6) is 0.346. The predicted molar refractivity (Wildman–Crippen MR) is 210 cm³/mol. The Bertz CT molecular complexity index is 1520. The molecule has 0 aliphatic carbocycles. The van der Waals surface area contributed by atoms with Crippen LogP contribution in [-0.2, 0) is 42.7 Å². The molecule has 4 saturated heterocycles. The first-order valence-corrected chi connectivity index (χ1v) is 20.8. The summed E-state index contributed by atoms with van der Waals surface area (Å²) < 4.78 is 64.3. The summed E-state index contributed by atoms with van der Waals surface area (Å²) in [6.07, 6.45) is -12.1. The van der Waals surface area contributed by atoms with Crippen LogP contribution in [0.25, 0.3) is 0 Å². The average Bonchev–Trinajstić information content (AvgIpc) is 3.21. The molecule has 0 aromatic heterocycles. The van der Waals surface area contributed by atoms with Gasteiger partial charge in [0.1, 0.15) is 30.5 Å². The van der Waals surface area contributed by atoms with Crippen molar-refractivity contribution in [1.29, 1.82) is 0 Å². The number of rotatable bonds is 16. The van der Waals surface area contributed by atoms with Gasteiger partial charge in [-0.05, 0) is 52.3 Å². The van der Waals surface area contributed by atoms with Gasteiger partial charge in [-0.2, -0.15) is 5.48 Å². The number of nitrogens with one attached hydrogen (secondary N) is 2. The summed E-state index contributed by atoms with van der Waals surface area (Å²) >= 11 is 0.890. The molecule has 0 spiro atoms. The third-order valence-electron chi connectivity index (χ3n) is 11.5. The van der Waals surface area contributed by atoms with Crippen LogP contribution in [0.15, 0.2) is 0 Å². The lowest BCUT2D eigenvalue weighted by Crippen LogP contribution is -2.64. The number of aliphatic hydroxyl groups is 4. The van der Waals surface area contributed by atoms with Gasteiger partial charge in [-0.25, -0.2) is 0 Å². The number of aliphatic hydroxyl groups excluding tert-OH is 4. The molecule has 17 atom stereocenters. The van der Waals surface area contributed by atoms with Crippen molar-refractivity contribution in [3.05, 3.63) is 16.7 Å². The van der Waals surface area contributed by atoms with Crippen molar-refractivity contribution < 1.29 is 82.2 Å². The number of carbonyl (C=O) groups excluding carboxylic acids is 1. The van der Waals surface area contributed by atoms with Gasteiger partial charge in [-0.15, -0.1) is 0 Å². The van der Waals surface area contributed by atoms with Gasteiger partial charge in [0, 0.05) is 34.2 Å². The van der Waals surface area contributed by atoms with E-state index in [1.54, 1.807) is 41.7 Å². The van der Waals surface area contributed by atoms with Crippen molar-refractivity contribution in [3.63, 3.8) is 0 Å². The summed E-state index contributed by atoms with van der Waals surface area (Å²) in [7, 11) is 7.25. The fraction of sp³-hybridized carbons (Fsp3) is 0.821. The van der Waals surface area contributed by atoms with E-state index >= 15 is 0 Å². The molecule has 19 nitrogen and oxygen atoms in total. The highest BCUT2D eigenvalue weighted by molar-refractivity contribution is 8.14. The highest BCUT2D eigenvalue weighted by Crippen LogP contribution is 2.48. The van der Waals surface area contributed by atoms with Gasteiger partial charge in [0.25, 0.3) is 0 Å². The second kappa shape index (κ2) is 21.4. The average molecular weight is 865 g/mol. The normalized spacial score (nSPS) is 39.1. The minimum absolute atomic E-state index is 0.000192. The molecule has 4 aliphatic heterocycles. The molecule has 5 rings (SSSR count). The first-order valence-electron chi connectivity index (χ1n) is 20.0. The van der Waals surface area contributed by atoms with Gasteiger partial charge in [-0.1, -0.05) is 18.7 Å².